The van der Waals surface area contributed by atoms with Crippen molar-refractivity contribution in [1.29, 1.82) is 0 Å². The van der Waals surface area contributed by atoms with Gasteiger partial charge in [-0.25, -0.2) is 4.79 Å². The number of methoxy groups -OCH3 is 1. The van der Waals surface area contributed by atoms with E-state index in [2.05, 4.69) is 11.0 Å². The Morgan fingerprint density at radius 3 is 2.76 bits per heavy atom. The maximum atomic E-state index is 11.8. The van der Waals surface area contributed by atoms with E-state index >= 15 is 0 Å². The Bertz CT molecular complexity index is 466. The maximum Gasteiger partial charge on any atom is 0.338 e. The highest BCUT2D eigenvalue weighted by molar-refractivity contribution is 5.93. The van der Waals surface area contributed by atoms with Crippen molar-refractivity contribution >= 4 is 11.7 Å². The summed E-state index contributed by atoms with van der Waals surface area (Å²) in [7, 11) is 1.45. The summed E-state index contributed by atoms with van der Waals surface area (Å²) in [4.78, 5) is 14.2. The Kier molecular flexibility index (Phi) is 2.54. The van der Waals surface area contributed by atoms with E-state index < -0.39 is 0 Å². The Hall–Kier alpha value is -1.51. The van der Waals surface area contributed by atoms with Gasteiger partial charge >= 0.3 is 5.97 Å². The van der Waals surface area contributed by atoms with Gasteiger partial charge in [0.15, 0.2) is 0 Å². The van der Waals surface area contributed by atoms with Crippen LogP contribution < -0.4 is 4.90 Å². The predicted octanol–water partition coefficient (Wildman–Crippen LogP) is 2.17. The van der Waals surface area contributed by atoms with E-state index in [9.17, 15) is 4.79 Å². The molecule has 1 aromatic rings. The van der Waals surface area contributed by atoms with Gasteiger partial charge in [0.1, 0.15) is 0 Å². The molecule has 1 aromatic carbocycles. The highest BCUT2D eigenvalue weighted by atomic mass is 16.5. The molecule has 0 aromatic heterocycles. The second-order valence-corrected chi connectivity index (χ2v) is 4.79. The van der Waals surface area contributed by atoms with E-state index in [-0.39, 0.29) is 5.97 Å². The normalized spacial score (nSPS) is 17.6. The first-order chi connectivity index (χ1) is 8.31. The first-order valence-electron chi connectivity index (χ1n) is 6.29. The Balaban J connectivity index is 2.16. The number of benzene rings is 1. The standard InChI is InChI=1S/C14H17NO2/c1-17-14(16)12-7-6-10-4-2-8-15-9-3-5-11(12)13(10)15/h6-7H,2-5,8-9H2,1H3. The van der Waals surface area contributed by atoms with Crippen molar-refractivity contribution in [2.24, 2.45) is 0 Å². The summed E-state index contributed by atoms with van der Waals surface area (Å²) in [5, 5.41) is 0. The van der Waals surface area contributed by atoms with Gasteiger partial charge in [0.2, 0.25) is 0 Å². The highest BCUT2D eigenvalue weighted by Crippen LogP contribution is 2.37. The lowest BCUT2D eigenvalue weighted by Gasteiger charge is -2.37. The fourth-order valence-electron chi connectivity index (χ4n) is 3.08. The van der Waals surface area contributed by atoms with Crippen LogP contribution in [0, 0.1) is 0 Å². The van der Waals surface area contributed by atoms with Crippen molar-refractivity contribution in [3.8, 4) is 0 Å². The molecule has 0 fully saturated rings. The summed E-state index contributed by atoms with van der Waals surface area (Å²) in [5.41, 5.74) is 4.70. The lowest BCUT2D eigenvalue weighted by atomic mass is 9.89. The Morgan fingerprint density at radius 2 is 2.00 bits per heavy atom. The van der Waals surface area contributed by atoms with Gasteiger partial charge in [-0.05, 0) is 42.9 Å². The molecular formula is C14H17NO2. The smallest absolute Gasteiger partial charge is 0.338 e. The van der Waals surface area contributed by atoms with Gasteiger partial charge < -0.3 is 9.64 Å². The second kappa shape index (κ2) is 4.06. The van der Waals surface area contributed by atoms with Gasteiger partial charge in [-0.1, -0.05) is 6.07 Å². The van der Waals surface area contributed by atoms with Crippen LogP contribution in [0.25, 0.3) is 0 Å². The number of anilines is 1. The van der Waals surface area contributed by atoms with E-state index in [4.69, 9.17) is 4.74 Å². The number of carbonyl (C=O) groups excluding carboxylic acids is 1. The number of carbonyl (C=O) groups is 1. The van der Waals surface area contributed by atoms with Gasteiger partial charge in [0.25, 0.3) is 0 Å². The van der Waals surface area contributed by atoms with Crippen molar-refractivity contribution in [2.45, 2.75) is 25.7 Å². The summed E-state index contributed by atoms with van der Waals surface area (Å²) < 4.78 is 4.87. The summed E-state index contributed by atoms with van der Waals surface area (Å²) in [6.45, 7) is 2.26. The van der Waals surface area contributed by atoms with Crippen molar-refractivity contribution in [3.63, 3.8) is 0 Å². The van der Waals surface area contributed by atoms with Crippen LogP contribution in [0.2, 0.25) is 0 Å². The van der Waals surface area contributed by atoms with Crippen LogP contribution in [0.15, 0.2) is 12.1 Å². The van der Waals surface area contributed by atoms with Crippen LogP contribution in [0.5, 0.6) is 0 Å². The SMILES string of the molecule is COC(=O)c1ccc2c3c1CCCN3CCC2. The molecule has 3 nitrogen and oxygen atoms in total. The lowest BCUT2D eigenvalue weighted by molar-refractivity contribution is 0.0599. The fraction of sp³-hybridized carbons (Fsp3) is 0.500. The first kappa shape index (κ1) is 10.6. The average Bonchev–Trinajstić information content (AvgIpc) is 2.39. The van der Waals surface area contributed by atoms with Crippen LogP contribution in [-0.2, 0) is 17.6 Å². The largest absolute Gasteiger partial charge is 0.465 e. The minimum atomic E-state index is -0.199. The van der Waals surface area contributed by atoms with Gasteiger partial charge in [-0.15, -0.1) is 0 Å². The zero-order chi connectivity index (χ0) is 11.8. The van der Waals surface area contributed by atoms with E-state index in [1.807, 2.05) is 6.07 Å². The zero-order valence-electron chi connectivity index (χ0n) is 10.2. The first-order valence-corrected chi connectivity index (χ1v) is 6.29. The Morgan fingerprint density at radius 1 is 1.24 bits per heavy atom. The summed E-state index contributed by atoms with van der Waals surface area (Å²) in [6, 6.07) is 4.04. The minimum Gasteiger partial charge on any atom is -0.465 e. The van der Waals surface area contributed by atoms with Crippen molar-refractivity contribution in [2.75, 3.05) is 25.1 Å². The van der Waals surface area contributed by atoms with E-state index in [1.165, 1.54) is 30.3 Å². The number of hydrogen-bond acceptors (Lipinski definition) is 3. The molecule has 0 unspecified atom stereocenters. The molecule has 0 N–H and O–H groups in total. The van der Waals surface area contributed by atoms with Gasteiger partial charge in [0.05, 0.1) is 12.7 Å². The molecular weight excluding hydrogens is 214 g/mol. The van der Waals surface area contributed by atoms with Gasteiger partial charge in [0, 0.05) is 18.8 Å². The molecule has 2 aliphatic rings. The number of ether oxygens (including phenoxy) is 1. The lowest BCUT2D eigenvalue weighted by Crippen LogP contribution is -2.35. The zero-order valence-corrected chi connectivity index (χ0v) is 10.2. The van der Waals surface area contributed by atoms with Crippen molar-refractivity contribution in [1.82, 2.24) is 0 Å². The van der Waals surface area contributed by atoms with E-state index in [1.54, 1.807) is 0 Å². The summed E-state index contributed by atoms with van der Waals surface area (Å²) in [6.07, 6.45) is 4.51. The minimum absolute atomic E-state index is 0.199. The average molecular weight is 231 g/mol. The molecule has 2 aliphatic heterocycles. The predicted molar refractivity (Wildman–Crippen MR) is 66.6 cm³/mol. The number of nitrogens with zero attached hydrogens (tertiary/aromatic N) is 1. The molecule has 17 heavy (non-hydrogen) atoms. The van der Waals surface area contributed by atoms with Crippen LogP contribution in [0.3, 0.4) is 0 Å². The number of hydrogen-bond donors (Lipinski definition) is 0. The van der Waals surface area contributed by atoms with Crippen LogP contribution >= 0.6 is 0 Å². The second-order valence-electron chi connectivity index (χ2n) is 4.79. The number of rotatable bonds is 1. The van der Waals surface area contributed by atoms with Crippen molar-refractivity contribution in [3.05, 3.63) is 28.8 Å². The quantitative estimate of drug-likeness (QED) is 0.694. The maximum absolute atomic E-state index is 11.8. The summed E-state index contributed by atoms with van der Waals surface area (Å²) in [5.74, 6) is -0.199. The third-order valence-electron chi connectivity index (χ3n) is 3.82. The van der Waals surface area contributed by atoms with Crippen LogP contribution in [0.1, 0.15) is 34.3 Å². The molecule has 0 atom stereocenters. The molecule has 3 rings (SSSR count). The number of esters is 1. The Labute approximate surface area is 101 Å². The molecule has 0 amide bonds. The van der Waals surface area contributed by atoms with Crippen LogP contribution in [-0.4, -0.2) is 26.2 Å². The third-order valence-corrected chi connectivity index (χ3v) is 3.82. The van der Waals surface area contributed by atoms with E-state index in [0.29, 0.717) is 0 Å². The third kappa shape index (κ3) is 1.61. The molecule has 0 radical (unpaired) electrons. The highest BCUT2D eigenvalue weighted by Gasteiger charge is 2.27. The van der Waals surface area contributed by atoms with Crippen molar-refractivity contribution < 1.29 is 9.53 Å². The molecule has 0 aliphatic carbocycles. The van der Waals surface area contributed by atoms with E-state index in [0.717, 1.165) is 37.9 Å². The monoisotopic (exact) mass is 231 g/mol. The number of aryl methyl sites for hydroxylation is 1. The molecule has 0 spiro atoms. The molecule has 3 heteroatoms. The molecule has 0 saturated carbocycles. The van der Waals surface area contributed by atoms with Crippen LogP contribution in [0.4, 0.5) is 5.69 Å². The molecule has 90 valence electrons. The van der Waals surface area contributed by atoms with Gasteiger partial charge in [-0.2, -0.15) is 0 Å². The molecule has 2 heterocycles. The fourth-order valence-corrected chi connectivity index (χ4v) is 3.08. The molecule has 0 saturated heterocycles. The topological polar surface area (TPSA) is 29.5 Å². The van der Waals surface area contributed by atoms with Gasteiger partial charge in [-0.3, -0.25) is 0 Å². The molecule has 0 bridgehead atoms. The summed E-state index contributed by atoms with van der Waals surface area (Å²) >= 11 is 0.